The Labute approximate surface area is 155 Å². The maximum absolute atomic E-state index is 13.5. The first-order valence-electron chi connectivity index (χ1n) is 8.56. The van der Waals surface area contributed by atoms with E-state index >= 15 is 0 Å². The van der Waals surface area contributed by atoms with Crippen LogP contribution in [-0.4, -0.2) is 28.4 Å². The molecule has 3 rings (SSSR count). The van der Waals surface area contributed by atoms with Crippen molar-refractivity contribution in [3.8, 4) is 16.9 Å². The largest absolute Gasteiger partial charge is 0.506 e. The van der Waals surface area contributed by atoms with Gasteiger partial charge < -0.3 is 9.84 Å². The lowest BCUT2D eigenvalue weighted by Gasteiger charge is -2.08. The van der Waals surface area contributed by atoms with Crippen molar-refractivity contribution in [1.29, 1.82) is 0 Å². The van der Waals surface area contributed by atoms with Gasteiger partial charge in [-0.15, -0.1) is 0 Å². The topological polar surface area (TPSA) is 76.5 Å². The van der Waals surface area contributed by atoms with E-state index in [1.54, 1.807) is 37.3 Å². The number of hydrogen-bond donors (Lipinski definition) is 1. The molecule has 6 heteroatoms. The average Bonchev–Trinajstić information content (AvgIpc) is 2.65. The van der Waals surface area contributed by atoms with Gasteiger partial charge in [-0.2, -0.15) is 0 Å². The second-order valence-corrected chi connectivity index (χ2v) is 6.00. The Hall–Kier alpha value is -3.28. The van der Waals surface area contributed by atoms with Gasteiger partial charge in [0.2, 0.25) is 0 Å². The van der Waals surface area contributed by atoms with Crippen LogP contribution in [0.25, 0.3) is 22.0 Å². The highest BCUT2D eigenvalue weighted by Crippen LogP contribution is 2.28. The number of fused-ring (bicyclic) bond motifs is 1. The smallest absolute Gasteiger partial charge is 0.306 e. The highest BCUT2D eigenvalue weighted by molar-refractivity contribution is 6.00. The van der Waals surface area contributed by atoms with Gasteiger partial charge in [-0.25, -0.2) is 9.37 Å². The summed E-state index contributed by atoms with van der Waals surface area (Å²) >= 11 is 0. The van der Waals surface area contributed by atoms with Gasteiger partial charge in [-0.1, -0.05) is 24.3 Å². The maximum Gasteiger partial charge on any atom is 0.306 e. The molecule has 0 saturated heterocycles. The molecule has 2 aromatic carbocycles. The van der Waals surface area contributed by atoms with Crippen molar-refractivity contribution in [2.75, 3.05) is 6.61 Å². The molecule has 5 nitrogen and oxygen atoms in total. The number of carbonyl (C=O) groups is 2. The molecule has 0 spiro atoms. The summed E-state index contributed by atoms with van der Waals surface area (Å²) in [6.45, 7) is 1.93. The van der Waals surface area contributed by atoms with Gasteiger partial charge in [0.25, 0.3) is 0 Å². The molecule has 3 aromatic rings. The Morgan fingerprint density at radius 1 is 1.07 bits per heavy atom. The molecular formula is C21H18FNO4. The fraction of sp³-hybridized carbons (Fsp3) is 0.190. The lowest BCUT2D eigenvalue weighted by atomic mass is 10.0. The second kappa shape index (κ2) is 7.95. The van der Waals surface area contributed by atoms with E-state index in [0.717, 1.165) is 5.56 Å². The van der Waals surface area contributed by atoms with E-state index in [4.69, 9.17) is 4.74 Å². The predicted octanol–water partition coefficient (Wildman–Crippen LogP) is 4.27. The highest BCUT2D eigenvalue weighted by Gasteiger charge is 2.16. The molecule has 1 N–H and O–H groups in total. The van der Waals surface area contributed by atoms with Gasteiger partial charge in [0.15, 0.2) is 5.78 Å². The van der Waals surface area contributed by atoms with Crippen molar-refractivity contribution in [3.63, 3.8) is 0 Å². The summed E-state index contributed by atoms with van der Waals surface area (Å²) in [6.07, 6.45) is -0.177. The van der Waals surface area contributed by atoms with E-state index in [-0.39, 0.29) is 36.7 Å². The fourth-order valence-corrected chi connectivity index (χ4v) is 2.78. The van der Waals surface area contributed by atoms with Gasteiger partial charge >= 0.3 is 5.97 Å². The summed E-state index contributed by atoms with van der Waals surface area (Å²) in [7, 11) is 0. The molecule has 0 fully saturated rings. The quantitative estimate of drug-likeness (QED) is 0.520. The van der Waals surface area contributed by atoms with Gasteiger partial charge in [-0.3, -0.25) is 9.59 Å². The number of aromatic nitrogens is 1. The Bertz CT molecular complexity index is 1020. The van der Waals surface area contributed by atoms with Crippen molar-refractivity contribution in [2.45, 2.75) is 19.8 Å². The van der Waals surface area contributed by atoms with E-state index in [1.807, 2.05) is 0 Å². The maximum atomic E-state index is 13.5. The minimum atomic E-state index is -0.473. The van der Waals surface area contributed by atoms with E-state index in [0.29, 0.717) is 16.5 Å². The number of nitrogens with zero attached hydrogens (tertiary/aromatic N) is 1. The normalized spacial score (nSPS) is 10.7. The van der Waals surface area contributed by atoms with E-state index in [9.17, 15) is 19.1 Å². The number of aromatic hydroxyl groups is 1. The third-order valence-corrected chi connectivity index (χ3v) is 4.08. The van der Waals surface area contributed by atoms with Gasteiger partial charge in [0, 0.05) is 11.8 Å². The summed E-state index contributed by atoms with van der Waals surface area (Å²) < 4.78 is 18.3. The molecule has 0 atom stereocenters. The Morgan fingerprint density at radius 2 is 1.85 bits per heavy atom. The third-order valence-electron chi connectivity index (χ3n) is 4.08. The zero-order valence-electron chi connectivity index (χ0n) is 14.7. The Kier molecular flexibility index (Phi) is 5.45. The molecule has 0 aliphatic heterocycles. The van der Waals surface area contributed by atoms with Crippen LogP contribution < -0.4 is 0 Å². The van der Waals surface area contributed by atoms with Crippen LogP contribution >= 0.6 is 0 Å². The lowest BCUT2D eigenvalue weighted by molar-refractivity contribution is -0.143. The predicted molar refractivity (Wildman–Crippen MR) is 99.0 cm³/mol. The lowest BCUT2D eigenvalue weighted by Crippen LogP contribution is -2.09. The molecule has 138 valence electrons. The minimum Gasteiger partial charge on any atom is -0.506 e. The molecule has 0 unspecified atom stereocenters. The van der Waals surface area contributed by atoms with Crippen LogP contribution in [0.5, 0.6) is 5.75 Å². The summed E-state index contributed by atoms with van der Waals surface area (Å²) in [6, 6.07) is 12.9. The number of Topliss-reactive ketones (excluding diaryl/α,β-unsaturated/α-hetero) is 1. The summed E-state index contributed by atoms with van der Waals surface area (Å²) in [5.41, 5.74) is 1.82. The Balaban J connectivity index is 1.91. The van der Waals surface area contributed by atoms with Crippen LogP contribution in [0.4, 0.5) is 4.39 Å². The molecule has 0 amide bonds. The van der Waals surface area contributed by atoms with Crippen molar-refractivity contribution in [3.05, 3.63) is 60.0 Å². The number of halogens is 1. The first-order chi connectivity index (χ1) is 13.0. The number of pyridine rings is 1. The number of ether oxygens (including phenoxy) is 1. The monoisotopic (exact) mass is 367 g/mol. The fourth-order valence-electron chi connectivity index (χ4n) is 2.78. The molecule has 0 aliphatic carbocycles. The van der Waals surface area contributed by atoms with Gasteiger partial charge in [0.1, 0.15) is 17.3 Å². The number of carbonyl (C=O) groups excluding carboxylic acids is 2. The molecular weight excluding hydrogens is 349 g/mol. The van der Waals surface area contributed by atoms with Crippen molar-refractivity contribution in [1.82, 2.24) is 4.98 Å². The zero-order valence-corrected chi connectivity index (χ0v) is 14.7. The van der Waals surface area contributed by atoms with E-state index < -0.39 is 11.8 Å². The summed E-state index contributed by atoms with van der Waals surface area (Å²) in [5.74, 6) is -1.51. The number of hydrogen-bond acceptors (Lipinski definition) is 5. The third kappa shape index (κ3) is 4.28. The van der Waals surface area contributed by atoms with Crippen molar-refractivity contribution >= 4 is 22.7 Å². The first-order valence-corrected chi connectivity index (χ1v) is 8.56. The van der Waals surface area contributed by atoms with Crippen molar-refractivity contribution in [2.24, 2.45) is 0 Å². The van der Waals surface area contributed by atoms with Gasteiger partial charge in [0.05, 0.1) is 18.5 Å². The first kappa shape index (κ1) is 18.5. The second-order valence-electron chi connectivity index (χ2n) is 6.00. The molecule has 0 aliphatic rings. The molecule has 0 radical (unpaired) electrons. The number of esters is 1. The number of rotatable bonds is 6. The summed E-state index contributed by atoms with van der Waals surface area (Å²) in [5, 5.41) is 10.8. The standard InChI is InChI=1S/C21H18FNO4/c1-2-27-20(26)9-8-18(24)21-19(25)12-15-7-6-14(11-17(15)23-21)13-4-3-5-16(22)10-13/h3-7,10-12,25H,2,8-9H2,1H3. The molecule has 1 aromatic heterocycles. The highest BCUT2D eigenvalue weighted by atomic mass is 19.1. The minimum absolute atomic E-state index is 0.0742. The van der Waals surface area contributed by atoms with Crippen LogP contribution in [0.2, 0.25) is 0 Å². The van der Waals surface area contributed by atoms with E-state index in [2.05, 4.69) is 4.98 Å². The molecule has 0 saturated carbocycles. The Morgan fingerprint density at radius 3 is 2.59 bits per heavy atom. The van der Waals surface area contributed by atoms with Crippen LogP contribution in [0, 0.1) is 5.82 Å². The summed E-state index contributed by atoms with van der Waals surface area (Å²) in [4.78, 5) is 28.0. The van der Waals surface area contributed by atoms with Crippen molar-refractivity contribution < 1.29 is 23.8 Å². The molecule has 27 heavy (non-hydrogen) atoms. The van der Waals surface area contributed by atoms with Crippen LogP contribution in [0.1, 0.15) is 30.3 Å². The van der Waals surface area contributed by atoms with Crippen LogP contribution in [-0.2, 0) is 9.53 Å². The number of benzene rings is 2. The van der Waals surface area contributed by atoms with E-state index in [1.165, 1.54) is 18.2 Å². The van der Waals surface area contributed by atoms with Crippen LogP contribution in [0.15, 0.2) is 48.5 Å². The zero-order chi connectivity index (χ0) is 19.4. The average molecular weight is 367 g/mol. The molecule has 1 heterocycles. The molecule has 0 bridgehead atoms. The van der Waals surface area contributed by atoms with Crippen LogP contribution in [0.3, 0.4) is 0 Å². The number of ketones is 1. The van der Waals surface area contributed by atoms with Gasteiger partial charge in [-0.05, 0) is 42.3 Å². The SMILES string of the molecule is CCOC(=O)CCC(=O)c1nc2cc(-c3cccc(F)c3)ccc2cc1O.